The van der Waals surface area contributed by atoms with Gasteiger partial charge in [0.05, 0.1) is 26.4 Å². The van der Waals surface area contributed by atoms with Crippen LogP contribution in [0.25, 0.3) is 0 Å². The molecular weight excluding hydrogens is 1130 g/mol. The second-order valence-corrected chi connectivity index (χ2v) is 36.7. The van der Waals surface area contributed by atoms with Crippen molar-refractivity contribution in [3.63, 3.8) is 0 Å². The van der Waals surface area contributed by atoms with Gasteiger partial charge in [0.1, 0.15) is 12.2 Å². The summed E-state index contributed by atoms with van der Waals surface area (Å²) < 4.78 is 25.0. The Morgan fingerprint density at radius 1 is 0.228 bits per heavy atom. The predicted octanol–water partition coefficient (Wildman–Crippen LogP) is 23.4. The van der Waals surface area contributed by atoms with Gasteiger partial charge in [-0.15, -0.1) is 0 Å². The van der Waals surface area contributed by atoms with E-state index < -0.39 is 0 Å². The molecule has 25 unspecified atom stereocenters. The zero-order valence-electron chi connectivity index (χ0n) is 62.7. The minimum atomic E-state index is -0.185. The summed E-state index contributed by atoms with van der Waals surface area (Å²) in [7, 11) is 0. The first kappa shape index (κ1) is 77.5. The minimum absolute atomic E-state index is 0.0622. The average molecular weight is 1290 g/mol. The lowest BCUT2D eigenvalue weighted by Crippen LogP contribution is -2.25. The second-order valence-electron chi connectivity index (χ2n) is 36.7. The van der Waals surface area contributed by atoms with Gasteiger partial charge in [-0.3, -0.25) is 0 Å². The maximum Gasteiger partial charge on any atom is 0.104 e. The first-order chi connectivity index (χ1) is 44.7. The monoisotopic (exact) mass is 1290 g/mol. The van der Waals surface area contributed by atoms with Crippen LogP contribution in [-0.4, -0.2) is 75.3 Å². The van der Waals surface area contributed by atoms with Gasteiger partial charge < -0.3 is 29.2 Å². The fourth-order valence-electron chi connectivity index (χ4n) is 22.1. The van der Waals surface area contributed by atoms with Crippen molar-refractivity contribution in [2.75, 3.05) is 52.9 Å². The molecule has 7 aliphatic carbocycles. The largest absolute Gasteiger partial charge is 0.394 e. The van der Waals surface area contributed by atoms with Gasteiger partial charge in [-0.2, -0.15) is 0 Å². The quantitative estimate of drug-likeness (QED) is 0.287. The Labute approximate surface area is 572 Å². The van der Waals surface area contributed by atoms with Crippen molar-refractivity contribution < 1.29 is 29.2 Å². The van der Waals surface area contributed by atoms with E-state index in [0.717, 1.165) is 169 Å². The van der Waals surface area contributed by atoms with E-state index in [2.05, 4.69) is 62.3 Å². The number of aliphatic hydroxyl groups excluding tert-OH is 2. The first-order valence-electron chi connectivity index (χ1n) is 42.3. The number of hydrogen-bond donors (Lipinski definition) is 2. The topological polar surface area (TPSA) is 77.4 Å². The Morgan fingerprint density at radius 3 is 0.837 bits per heavy atom. The van der Waals surface area contributed by atoms with Crippen molar-refractivity contribution in [3.8, 4) is 0 Å². The van der Waals surface area contributed by atoms with Crippen molar-refractivity contribution in [2.24, 2.45) is 136 Å². The highest BCUT2D eigenvalue weighted by Crippen LogP contribution is 2.51. The summed E-state index contributed by atoms with van der Waals surface area (Å²) in [6.07, 6.45) is 61.8. The molecule has 0 amide bonds. The van der Waals surface area contributed by atoms with Crippen molar-refractivity contribution >= 4 is 0 Å². The fraction of sp³-hybridized carbons (Fsp3) is 1.00. The Morgan fingerprint density at radius 2 is 0.478 bits per heavy atom. The molecule has 92 heavy (non-hydrogen) atoms. The Balaban J connectivity index is 0.712. The van der Waals surface area contributed by atoms with E-state index in [-0.39, 0.29) is 25.4 Å². The Kier molecular flexibility index (Phi) is 36.0. The van der Waals surface area contributed by atoms with Crippen LogP contribution in [0.15, 0.2) is 0 Å². The van der Waals surface area contributed by atoms with Crippen LogP contribution in [0.4, 0.5) is 0 Å². The minimum Gasteiger partial charge on any atom is -0.394 e. The third-order valence-corrected chi connectivity index (χ3v) is 29.3. The van der Waals surface area contributed by atoms with Crippen LogP contribution in [0, 0.1) is 136 Å². The number of rotatable bonds is 2. The van der Waals surface area contributed by atoms with E-state index in [0.29, 0.717) is 19.1 Å². The van der Waals surface area contributed by atoms with E-state index in [1.54, 1.807) is 0 Å². The van der Waals surface area contributed by atoms with E-state index in [4.69, 9.17) is 18.9 Å². The molecular formula is C86H158O6. The number of fused-ring (bicyclic) bond motifs is 17. The third kappa shape index (κ3) is 27.4. The molecule has 0 spiro atoms. The molecule has 8 fully saturated rings. The van der Waals surface area contributed by atoms with Gasteiger partial charge in [0.2, 0.25) is 0 Å². The summed E-state index contributed by atoms with van der Waals surface area (Å²) in [5.74, 6) is 20.7. The predicted molar refractivity (Wildman–Crippen MR) is 390 cm³/mol. The molecule has 1 saturated heterocycles. The molecule has 0 aromatic rings. The molecule has 7 saturated carbocycles. The van der Waals surface area contributed by atoms with Crippen LogP contribution in [0.3, 0.4) is 0 Å². The molecule has 1 aliphatic heterocycles. The summed E-state index contributed by atoms with van der Waals surface area (Å²) in [6.45, 7) is 27.4. The summed E-state index contributed by atoms with van der Waals surface area (Å²) in [6, 6.07) is 0. The summed E-state index contributed by atoms with van der Waals surface area (Å²) >= 11 is 0. The molecule has 2 N–H and O–H groups in total. The third-order valence-electron chi connectivity index (χ3n) is 29.3. The van der Waals surface area contributed by atoms with Gasteiger partial charge in [0, 0.05) is 26.4 Å². The molecule has 14 bridgehead atoms. The van der Waals surface area contributed by atoms with E-state index in [1.807, 2.05) is 0 Å². The lowest BCUT2D eigenvalue weighted by molar-refractivity contribution is -0.0473. The van der Waals surface area contributed by atoms with Gasteiger partial charge >= 0.3 is 0 Å². The van der Waals surface area contributed by atoms with Gasteiger partial charge in [-0.25, -0.2) is 0 Å². The summed E-state index contributed by atoms with van der Waals surface area (Å²) in [4.78, 5) is 0. The van der Waals surface area contributed by atoms with E-state index in [1.165, 1.54) is 270 Å². The molecule has 8 aliphatic rings. The SMILES string of the molecule is CC1CCCC2CCC(C2)C(C)CCCC(C)CCC(C)CCCC(C)C2CCC(C2)C2CCC(CCOCC(CO)OCCC3CCC(C3)C3CCC(C3)C(C)CCCC(C)CCC(C)CCCC(C)C3CCC(C3)C3CCC(CCOCC(CO)OCC1)C3)C2. The van der Waals surface area contributed by atoms with E-state index in [9.17, 15) is 10.2 Å². The zero-order valence-corrected chi connectivity index (χ0v) is 62.7. The highest BCUT2D eigenvalue weighted by Gasteiger charge is 2.40. The maximum absolute atomic E-state index is 10.2. The van der Waals surface area contributed by atoms with Crippen LogP contribution in [0.5, 0.6) is 0 Å². The Hall–Kier alpha value is -0.240. The first-order valence-corrected chi connectivity index (χ1v) is 42.3. The lowest BCUT2D eigenvalue weighted by Gasteiger charge is -2.23. The van der Waals surface area contributed by atoms with Crippen molar-refractivity contribution in [3.05, 3.63) is 0 Å². The molecule has 8 rings (SSSR count). The standard InChI is InChI=1S/C86H158O6/c1-62-15-10-20-67(6)75-33-29-71(51-75)24-14-19-66(5)43-49-91-85(58-87)60-89-47-44-72-30-34-79(52-72)82-40-37-76(55-82)69(8)22-12-17-64(3)27-28-65(4)18-13-23-70(9)78-39-42-84(57-78)81-36-32-74(54-81)46-50-92-86(59-88)61-90-48-45-73-31-35-80(53-73)83-41-38-77(56-83)68(7)21-11-16-63(2)26-25-62/h62-88H,10-61H2,1-9H3. The molecule has 0 aromatic heterocycles. The number of ether oxygens (including phenoxy) is 4. The number of aliphatic hydroxyl groups is 2. The number of hydrogen-bond acceptors (Lipinski definition) is 6. The van der Waals surface area contributed by atoms with Crippen molar-refractivity contribution in [2.45, 2.75) is 357 Å². The molecule has 25 atom stereocenters. The molecule has 6 nitrogen and oxygen atoms in total. The molecule has 6 heteroatoms. The van der Waals surface area contributed by atoms with Gasteiger partial charge in [-0.05, 0) is 271 Å². The van der Waals surface area contributed by atoms with Gasteiger partial charge in [0.15, 0.2) is 0 Å². The van der Waals surface area contributed by atoms with Crippen molar-refractivity contribution in [1.29, 1.82) is 0 Å². The highest BCUT2D eigenvalue weighted by atomic mass is 16.5. The van der Waals surface area contributed by atoms with Crippen LogP contribution < -0.4 is 0 Å². The van der Waals surface area contributed by atoms with Crippen LogP contribution in [0.2, 0.25) is 0 Å². The second kappa shape index (κ2) is 42.8. The molecule has 0 radical (unpaired) electrons. The smallest absolute Gasteiger partial charge is 0.104 e. The molecule has 0 aromatic carbocycles. The highest BCUT2D eigenvalue weighted by molar-refractivity contribution is 4.91. The van der Waals surface area contributed by atoms with Crippen LogP contribution in [-0.2, 0) is 18.9 Å². The average Bonchev–Trinajstić information content (AvgIpc) is 1.81. The summed E-state index contributed by atoms with van der Waals surface area (Å²) in [5.41, 5.74) is 0. The van der Waals surface area contributed by atoms with Crippen LogP contribution in [0.1, 0.15) is 345 Å². The zero-order chi connectivity index (χ0) is 65.0. The van der Waals surface area contributed by atoms with Crippen molar-refractivity contribution in [1.82, 2.24) is 0 Å². The maximum atomic E-state index is 10.2. The fourth-order valence-corrected chi connectivity index (χ4v) is 22.1. The van der Waals surface area contributed by atoms with Crippen LogP contribution >= 0.6 is 0 Å². The van der Waals surface area contributed by atoms with Gasteiger partial charge in [-0.1, -0.05) is 210 Å². The lowest BCUT2D eigenvalue weighted by atomic mass is 9.82. The van der Waals surface area contributed by atoms with Gasteiger partial charge in [0.25, 0.3) is 0 Å². The van der Waals surface area contributed by atoms with E-state index >= 15 is 0 Å². The Bertz CT molecular complexity index is 1870. The summed E-state index contributed by atoms with van der Waals surface area (Å²) in [5, 5.41) is 20.4. The normalized spacial score (nSPS) is 44.1. The molecule has 1 heterocycles. The molecule has 538 valence electrons.